The summed E-state index contributed by atoms with van der Waals surface area (Å²) in [6.07, 6.45) is 0.435. The normalized spacial score (nSPS) is 10.5. The van der Waals surface area contributed by atoms with Crippen LogP contribution in [0.25, 0.3) is 11.3 Å². The fraction of sp³-hybridized carbons (Fsp3) is 0.143. The molecule has 0 aliphatic rings. The number of H-pyrrole nitrogens is 1. The number of hydrogen-bond donors (Lipinski definition) is 1. The Morgan fingerprint density at radius 3 is 2.42 bits per heavy atom. The Kier molecular flexibility index (Phi) is 5.68. The van der Waals surface area contributed by atoms with Crippen LogP contribution < -0.4 is 5.56 Å². The van der Waals surface area contributed by atoms with Crippen molar-refractivity contribution in [3.05, 3.63) is 92.2 Å². The molecule has 0 saturated carbocycles. The number of aromatic nitrogens is 1. The van der Waals surface area contributed by atoms with Gasteiger partial charge in [0.25, 0.3) is 5.56 Å². The number of aromatic amines is 1. The fourth-order valence-electron chi connectivity index (χ4n) is 2.73. The molecule has 0 aliphatic heterocycles. The largest absolute Gasteiger partial charge is 0.462 e. The van der Waals surface area contributed by atoms with Crippen molar-refractivity contribution in [2.75, 3.05) is 6.61 Å². The van der Waals surface area contributed by atoms with Gasteiger partial charge in [-0.3, -0.25) is 4.79 Å². The Bertz CT molecular complexity index is 963. The second kappa shape index (κ2) is 8.15. The van der Waals surface area contributed by atoms with Crippen molar-refractivity contribution in [2.24, 2.45) is 0 Å². The van der Waals surface area contributed by atoms with E-state index in [2.05, 4.69) is 20.9 Å². The number of esters is 1. The van der Waals surface area contributed by atoms with Crippen molar-refractivity contribution < 1.29 is 9.53 Å². The Balaban J connectivity index is 2.07. The quantitative estimate of drug-likeness (QED) is 0.625. The summed E-state index contributed by atoms with van der Waals surface area (Å²) in [5, 5.41) is 0. The number of pyridine rings is 1. The number of nitrogens with one attached hydrogen (secondary N) is 1. The molecule has 132 valence electrons. The van der Waals surface area contributed by atoms with E-state index in [1.807, 2.05) is 54.6 Å². The summed E-state index contributed by atoms with van der Waals surface area (Å²) in [6, 6.07) is 18.7. The topological polar surface area (TPSA) is 59.2 Å². The maximum atomic E-state index is 12.6. The van der Waals surface area contributed by atoms with Crippen LogP contribution in [0.15, 0.2) is 69.9 Å². The van der Waals surface area contributed by atoms with Gasteiger partial charge in [0, 0.05) is 16.5 Å². The summed E-state index contributed by atoms with van der Waals surface area (Å²) >= 11 is 3.40. The van der Waals surface area contributed by atoms with E-state index >= 15 is 0 Å². The third-order valence-corrected chi connectivity index (χ3v) is 4.51. The van der Waals surface area contributed by atoms with Crippen LogP contribution >= 0.6 is 15.9 Å². The number of ether oxygens (including phenoxy) is 1. The third-order valence-electron chi connectivity index (χ3n) is 3.98. The van der Waals surface area contributed by atoms with E-state index < -0.39 is 5.97 Å². The zero-order valence-corrected chi connectivity index (χ0v) is 15.9. The first-order chi connectivity index (χ1) is 12.6. The molecule has 0 atom stereocenters. The van der Waals surface area contributed by atoms with E-state index in [-0.39, 0.29) is 12.2 Å². The molecule has 0 fully saturated rings. The van der Waals surface area contributed by atoms with Crippen LogP contribution in [0.2, 0.25) is 0 Å². The number of halogens is 1. The van der Waals surface area contributed by atoms with Gasteiger partial charge in [0.15, 0.2) is 0 Å². The lowest BCUT2D eigenvalue weighted by atomic mass is 10.0. The highest BCUT2D eigenvalue weighted by Gasteiger charge is 2.18. The predicted octanol–water partition coefficient (Wildman–Crippen LogP) is 4.57. The number of rotatable bonds is 5. The van der Waals surface area contributed by atoms with Gasteiger partial charge in [-0.2, -0.15) is 0 Å². The zero-order chi connectivity index (χ0) is 18.5. The molecule has 5 heteroatoms. The molecular weight excluding hydrogens is 394 g/mol. The van der Waals surface area contributed by atoms with Crippen LogP contribution in [-0.4, -0.2) is 17.6 Å². The van der Waals surface area contributed by atoms with Crippen LogP contribution in [0.1, 0.15) is 28.4 Å². The smallest absolute Gasteiger partial charge is 0.340 e. The summed E-state index contributed by atoms with van der Waals surface area (Å²) in [6.45, 7) is 2.03. The van der Waals surface area contributed by atoms with Gasteiger partial charge in [-0.05, 0) is 36.2 Å². The van der Waals surface area contributed by atoms with Crippen LogP contribution in [0.4, 0.5) is 0 Å². The molecule has 0 amide bonds. The highest BCUT2D eigenvalue weighted by atomic mass is 79.9. The molecule has 1 aromatic heterocycles. The molecule has 0 saturated heterocycles. The van der Waals surface area contributed by atoms with E-state index in [1.54, 1.807) is 13.0 Å². The van der Waals surface area contributed by atoms with Crippen LogP contribution in [0.3, 0.4) is 0 Å². The van der Waals surface area contributed by atoms with E-state index in [4.69, 9.17) is 4.74 Å². The van der Waals surface area contributed by atoms with Crippen molar-refractivity contribution >= 4 is 21.9 Å². The van der Waals surface area contributed by atoms with Gasteiger partial charge in [0.1, 0.15) is 0 Å². The number of carbonyl (C=O) groups is 1. The molecule has 0 spiro atoms. The monoisotopic (exact) mass is 411 g/mol. The van der Waals surface area contributed by atoms with Crippen LogP contribution in [0.5, 0.6) is 0 Å². The molecule has 0 unspecified atom stereocenters. The van der Waals surface area contributed by atoms with Crippen molar-refractivity contribution in [1.29, 1.82) is 0 Å². The lowest BCUT2D eigenvalue weighted by Crippen LogP contribution is -2.18. The van der Waals surface area contributed by atoms with Crippen molar-refractivity contribution in [3.63, 3.8) is 0 Å². The summed E-state index contributed by atoms with van der Waals surface area (Å²) < 4.78 is 6.16. The van der Waals surface area contributed by atoms with Gasteiger partial charge in [-0.1, -0.05) is 58.4 Å². The Hall–Kier alpha value is -2.66. The molecule has 26 heavy (non-hydrogen) atoms. The molecule has 1 heterocycles. The Labute approximate surface area is 160 Å². The lowest BCUT2D eigenvalue weighted by molar-refractivity contribution is 0.0526. The Morgan fingerprint density at radius 1 is 1.08 bits per heavy atom. The predicted molar refractivity (Wildman–Crippen MR) is 105 cm³/mol. The minimum absolute atomic E-state index is 0.208. The SMILES string of the molecule is CCOC(=O)c1cc(Cc2ccc(Br)cc2)c(=O)[nH]c1-c1ccccc1. The first-order valence-electron chi connectivity index (χ1n) is 8.31. The summed E-state index contributed by atoms with van der Waals surface area (Å²) in [5.41, 5.74) is 2.91. The van der Waals surface area contributed by atoms with Gasteiger partial charge >= 0.3 is 5.97 Å². The molecule has 3 aromatic rings. The number of carbonyl (C=O) groups excluding carboxylic acids is 1. The minimum Gasteiger partial charge on any atom is -0.462 e. The molecule has 4 nitrogen and oxygen atoms in total. The molecule has 3 rings (SSSR count). The maximum absolute atomic E-state index is 12.6. The van der Waals surface area contributed by atoms with Gasteiger partial charge in [-0.15, -0.1) is 0 Å². The molecule has 0 radical (unpaired) electrons. The second-order valence-electron chi connectivity index (χ2n) is 5.80. The maximum Gasteiger partial charge on any atom is 0.340 e. The van der Waals surface area contributed by atoms with E-state index in [1.165, 1.54) is 0 Å². The standard InChI is InChI=1S/C21H18BrNO3/c1-2-26-21(25)18-13-16(12-14-8-10-17(22)11-9-14)20(24)23-19(18)15-6-4-3-5-7-15/h3-11,13H,2,12H2,1H3,(H,23,24). The molecule has 0 bridgehead atoms. The average Bonchev–Trinajstić information content (AvgIpc) is 2.65. The van der Waals surface area contributed by atoms with E-state index in [0.29, 0.717) is 23.2 Å². The summed E-state index contributed by atoms with van der Waals surface area (Å²) in [7, 11) is 0. The van der Waals surface area contributed by atoms with Crippen LogP contribution in [-0.2, 0) is 11.2 Å². The van der Waals surface area contributed by atoms with Gasteiger partial charge in [0.2, 0.25) is 0 Å². The number of benzene rings is 2. The van der Waals surface area contributed by atoms with Crippen molar-refractivity contribution in [1.82, 2.24) is 4.98 Å². The Morgan fingerprint density at radius 2 is 1.77 bits per heavy atom. The summed E-state index contributed by atoms with van der Waals surface area (Å²) in [5.74, 6) is -0.445. The first kappa shape index (κ1) is 18.1. The number of hydrogen-bond acceptors (Lipinski definition) is 3. The molecule has 0 aliphatic carbocycles. The van der Waals surface area contributed by atoms with Gasteiger partial charge in [0.05, 0.1) is 17.9 Å². The lowest BCUT2D eigenvalue weighted by Gasteiger charge is -2.11. The highest BCUT2D eigenvalue weighted by molar-refractivity contribution is 9.10. The van der Waals surface area contributed by atoms with E-state index in [9.17, 15) is 9.59 Å². The highest BCUT2D eigenvalue weighted by Crippen LogP contribution is 2.22. The second-order valence-corrected chi connectivity index (χ2v) is 6.72. The molecular formula is C21H18BrNO3. The molecule has 2 aromatic carbocycles. The zero-order valence-electron chi connectivity index (χ0n) is 14.3. The van der Waals surface area contributed by atoms with Gasteiger partial charge < -0.3 is 9.72 Å². The van der Waals surface area contributed by atoms with Crippen molar-refractivity contribution in [3.8, 4) is 11.3 Å². The first-order valence-corrected chi connectivity index (χ1v) is 9.11. The fourth-order valence-corrected chi connectivity index (χ4v) is 2.99. The third kappa shape index (κ3) is 4.11. The van der Waals surface area contributed by atoms with Crippen LogP contribution in [0, 0.1) is 0 Å². The summed E-state index contributed by atoms with van der Waals surface area (Å²) in [4.78, 5) is 27.9. The van der Waals surface area contributed by atoms with Gasteiger partial charge in [-0.25, -0.2) is 4.79 Å². The van der Waals surface area contributed by atoms with E-state index in [0.717, 1.165) is 15.6 Å². The average molecular weight is 412 g/mol. The van der Waals surface area contributed by atoms with Crippen molar-refractivity contribution in [2.45, 2.75) is 13.3 Å². The minimum atomic E-state index is -0.445. The molecule has 1 N–H and O–H groups in total.